The highest BCUT2D eigenvalue weighted by Gasteiger charge is 2.41. The van der Waals surface area contributed by atoms with E-state index in [1.54, 1.807) is 7.05 Å². The van der Waals surface area contributed by atoms with E-state index in [1.165, 1.54) is 4.90 Å². The number of hydrogen-bond donors (Lipinski definition) is 1. The van der Waals surface area contributed by atoms with Crippen molar-refractivity contribution in [1.29, 1.82) is 0 Å². The second-order valence-electron chi connectivity index (χ2n) is 7.00. The highest BCUT2D eigenvalue weighted by Crippen LogP contribution is 2.40. The lowest BCUT2D eigenvalue weighted by molar-refractivity contribution is -0.143. The molecule has 3 rings (SSSR count). The summed E-state index contributed by atoms with van der Waals surface area (Å²) in [5, 5.41) is 2.79. The van der Waals surface area contributed by atoms with Crippen LogP contribution in [0.3, 0.4) is 0 Å². The minimum atomic E-state index is -0.205. The molecule has 0 spiro atoms. The number of amides is 2. The van der Waals surface area contributed by atoms with Crippen molar-refractivity contribution < 1.29 is 14.4 Å². The molecular weight excluding hydrogens is 304 g/mol. The first-order valence-corrected chi connectivity index (χ1v) is 8.68. The van der Waals surface area contributed by atoms with Gasteiger partial charge < -0.3 is 10.2 Å². The summed E-state index contributed by atoms with van der Waals surface area (Å²) in [5.74, 6) is 0.130. The third kappa shape index (κ3) is 3.66. The first kappa shape index (κ1) is 16.7. The number of fused-ring (bicyclic) bond motifs is 2. The third-order valence-electron chi connectivity index (χ3n) is 5.21. The zero-order valence-electron chi connectivity index (χ0n) is 14.0. The van der Waals surface area contributed by atoms with Crippen LogP contribution in [0.5, 0.6) is 0 Å². The number of nitrogens with zero attached hydrogens (tertiary/aromatic N) is 1. The summed E-state index contributed by atoms with van der Waals surface area (Å²) >= 11 is 0. The lowest BCUT2D eigenvalue weighted by Gasteiger charge is -2.38. The molecule has 0 heterocycles. The molecule has 1 N–H and O–H groups in total. The van der Waals surface area contributed by atoms with Crippen LogP contribution < -0.4 is 5.32 Å². The van der Waals surface area contributed by atoms with Gasteiger partial charge >= 0.3 is 0 Å². The van der Waals surface area contributed by atoms with Crippen LogP contribution in [-0.2, 0) is 14.4 Å². The van der Waals surface area contributed by atoms with Crippen molar-refractivity contribution in [3.8, 4) is 0 Å². The zero-order valence-corrected chi connectivity index (χ0v) is 14.0. The van der Waals surface area contributed by atoms with Gasteiger partial charge in [0, 0.05) is 30.5 Å². The number of hydrogen-bond acceptors (Lipinski definition) is 3. The van der Waals surface area contributed by atoms with Gasteiger partial charge in [-0.3, -0.25) is 14.4 Å². The van der Waals surface area contributed by atoms with Crippen molar-refractivity contribution in [3.63, 3.8) is 0 Å². The van der Waals surface area contributed by atoms with Gasteiger partial charge in [-0.05, 0) is 37.8 Å². The Morgan fingerprint density at radius 2 is 1.75 bits per heavy atom. The molecule has 2 fully saturated rings. The Labute approximate surface area is 142 Å². The summed E-state index contributed by atoms with van der Waals surface area (Å²) in [6.07, 6.45) is 4.23. The number of likely N-dealkylation sites (N-methyl/N-ethyl adjacent to an activating group) is 1. The molecule has 2 unspecified atom stereocenters. The highest BCUT2D eigenvalue weighted by atomic mass is 16.2. The van der Waals surface area contributed by atoms with Crippen LogP contribution >= 0.6 is 0 Å². The smallest absolute Gasteiger partial charge is 0.243 e. The molecule has 2 atom stereocenters. The fourth-order valence-electron chi connectivity index (χ4n) is 4.01. The number of nitrogens with one attached hydrogen (secondary N) is 1. The maximum atomic E-state index is 12.7. The minimum Gasteiger partial charge on any atom is -0.336 e. The minimum absolute atomic E-state index is 0.0115. The molecule has 2 bridgehead atoms. The van der Waals surface area contributed by atoms with Crippen molar-refractivity contribution in [1.82, 2.24) is 4.90 Å². The SMILES string of the molecule is CN(CC(=O)Nc1ccccc1)C(=O)C1CC2CCCC(C1)C2=O. The standard InChI is InChI=1S/C19H24N2O3/c1-21(12-17(22)20-16-8-3-2-4-9-16)19(24)15-10-13-6-5-7-14(11-15)18(13)23/h2-4,8-9,13-15H,5-7,10-12H2,1H3,(H,20,22). The summed E-state index contributed by atoms with van der Waals surface area (Å²) in [6, 6.07) is 9.21. The lowest BCUT2D eigenvalue weighted by Crippen LogP contribution is -2.44. The quantitative estimate of drug-likeness (QED) is 0.923. The monoisotopic (exact) mass is 328 g/mol. The topological polar surface area (TPSA) is 66.5 Å². The molecule has 24 heavy (non-hydrogen) atoms. The van der Waals surface area contributed by atoms with Crippen molar-refractivity contribution in [2.24, 2.45) is 17.8 Å². The maximum Gasteiger partial charge on any atom is 0.243 e. The molecule has 5 heteroatoms. The van der Waals surface area contributed by atoms with E-state index < -0.39 is 0 Å². The van der Waals surface area contributed by atoms with Crippen LogP contribution in [0.25, 0.3) is 0 Å². The third-order valence-corrected chi connectivity index (χ3v) is 5.21. The number of anilines is 1. The van der Waals surface area contributed by atoms with Gasteiger partial charge in [0.2, 0.25) is 11.8 Å². The van der Waals surface area contributed by atoms with Crippen LogP contribution in [-0.4, -0.2) is 36.1 Å². The van der Waals surface area contributed by atoms with Gasteiger partial charge in [-0.25, -0.2) is 0 Å². The van der Waals surface area contributed by atoms with Crippen molar-refractivity contribution in [3.05, 3.63) is 30.3 Å². The Morgan fingerprint density at radius 1 is 1.12 bits per heavy atom. The molecule has 2 saturated carbocycles. The van der Waals surface area contributed by atoms with Crippen LogP contribution in [0.15, 0.2) is 30.3 Å². The summed E-state index contributed by atoms with van der Waals surface area (Å²) in [4.78, 5) is 38.4. The number of carbonyl (C=O) groups excluding carboxylic acids is 3. The molecule has 2 aliphatic carbocycles. The van der Waals surface area contributed by atoms with E-state index in [9.17, 15) is 14.4 Å². The van der Waals surface area contributed by atoms with Gasteiger partial charge in [0.15, 0.2) is 0 Å². The second-order valence-corrected chi connectivity index (χ2v) is 7.00. The second kappa shape index (κ2) is 7.16. The number of para-hydroxylation sites is 1. The number of carbonyl (C=O) groups is 3. The highest BCUT2D eigenvalue weighted by molar-refractivity contribution is 5.95. The van der Waals surface area contributed by atoms with Gasteiger partial charge in [0.05, 0.1) is 6.54 Å². The molecule has 0 aromatic heterocycles. The Hall–Kier alpha value is -2.17. The molecule has 0 radical (unpaired) electrons. The Morgan fingerprint density at radius 3 is 2.38 bits per heavy atom. The van der Waals surface area contributed by atoms with Gasteiger partial charge in [-0.2, -0.15) is 0 Å². The van der Waals surface area contributed by atoms with E-state index in [2.05, 4.69) is 5.32 Å². The number of Topliss-reactive ketones (excluding diaryl/α,β-unsaturated/α-hetero) is 1. The lowest BCUT2D eigenvalue weighted by atomic mass is 9.67. The zero-order chi connectivity index (χ0) is 17.1. The number of benzene rings is 1. The van der Waals surface area contributed by atoms with E-state index in [1.807, 2.05) is 30.3 Å². The summed E-state index contributed by atoms with van der Waals surface area (Å²) in [5.41, 5.74) is 0.723. The average Bonchev–Trinajstić information content (AvgIpc) is 2.54. The predicted octanol–water partition coefficient (Wildman–Crippen LogP) is 2.48. The molecule has 0 saturated heterocycles. The molecule has 5 nitrogen and oxygen atoms in total. The molecule has 128 valence electrons. The van der Waals surface area contributed by atoms with Gasteiger partial charge in [0.1, 0.15) is 5.78 Å². The first-order chi connectivity index (χ1) is 11.5. The average molecular weight is 328 g/mol. The number of ketones is 1. The van der Waals surface area contributed by atoms with Crippen molar-refractivity contribution in [2.45, 2.75) is 32.1 Å². The van der Waals surface area contributed by atoms with Gasteiger partial charge in [-0.15, -0.1) is 0 Å². The Kier molecular flexibility index (Phi) is 4.97. The van der Waals surface area contributed by atoms with E-state index in [-0.39, 0.29) is 36.1 Å². The summed E-state index contributed by atoms with van der Waals surface area (Å²) < 4.78 is 0. The molecule has 2 aliphatic rings. The van der Waals surface area contributed by atoms with Crippen molar-refractivity contribution in [2.75, 3.05) is 18.9 Å². The Balaban J connectivity index is 1.55. The molecule has 1 aromatic carbocycles. The largest absolute Gasteiger partial charge is 0.336 e. The Bertz CT molecular complexity index is 613. The normalized spacial score (nSPS) is 25.9. The van der Waals surface area contributed by atoms with Crippen LogP contribution in [0.1, 0.15) is 32.1 Å². The van der Waals surface area contributed by atoms with E-state index >= 15 is 0 Å². The van der Waals surface area contributed by atoms with Crippen LogP contribution in [0, 0.1) is 17.8 Å². The fraction of sp³-hybridized carbons (Fsp3) is 0.526. The predicted molar refractivity (Wildman–Crippen MR) is 91.3 cm³/mol. The molecule has 1 aromatic rings. The van der Waals surface area contributed by atoms with Gasteiger partial charge in [0.25, 0.3) is 0 Å². The van der Waals surface area contributed by atoms with Gasteiger partial charge in [-0.1, -0.05) is 24.6 Å². The van der Waals surface area contributed by atoms with Crippen LogP contribution in [0.2, 0.25) is 0 Å². The van der Waals surface area contributed by atoms with E-state index in [0.717, 1.165) is 24.9 Å². The fourth-order valence-corrected chi connectivity index (χ4v) is 4.01. The maximum absolute atomic E-state index is 12.7. The van der Waals surface area contributed by atoms with Crippen molar-refractivity contribution >= 4 is 23.3 Å². The van der Waals surface area contributed by atoms with E-state index in [4.69, 9.17) is 0 Å². The van der Waals surface area contributed by atoms with E-state index in [0.29, 0.717) is 18.6 Å². The number of rotatable bonds is 4. The van der Waals surface area contributed by atoms with Crippen LogP contribution in [0.4, 0.5) is 5.69 Å². The molecule has 0 aliphatic heterocycles. The molecule has 2 amide bonds. The first-order valence-electron chi connectivity index (χ1n) is 8.68. The summed E-state index contributed by atoms with van der Waals surface area (Å²) in [6.45, 7) is 0.0352. The molecular formula is C19H24N2O3. The summed E-state index contributed by atoms with van der Waals surface area (Å²) in [7, 11) is 1.67.